The quantitative estimate of drug-likeness (QED) is 0.866. The molecule has 2 N–H and O–H groups in total. The van der Waals surface area contributed by atoms with E-state index in [1.165, 1.54) is 0 Å². The number of amides is 1. The number of benzene rings is 1. The van der Waals surface area contributed by atoms with Crippen molar-refractivity contribution in [1.82, 2.24) is 5.32 Å². The predicted octanol–water partition coefficient (Wildman–Crippen LogP) is 3.65. The van der Waals surface area contributed by atoms with E-state index in [0.29, 0.717) is 12.1 Å². The molecule has 0 heterocycles. The third kappa shape index (κ3) is 6.50. The van der Waals surface area contributed by atoms with Crippen LogP contribution in [0.5, 0.6) is 0 Å². The van der Waals surface area contributed by atoms with Crippen LogP contribution in [0, 0.1) is 11.3 Å². The summed E-state index contributed by atoms with van der Waals surface area (Å²) in [6, 6.07) is 7.53. The van der Waals surface area contributed by atoms with Crippen molar-refractivity contribution in [1.29, 1.82) is 5.26 Å². The number of carbonyl (C=O) groups excluding carboxylic acids is 1. The van der Waals surface area contributed by atoms with Crippen molar-refractivity contribution < 1.29 is 9.53 Å². The second-order valence-corrected chi connectivity index (χ2v) is 6.65. The summed E-state index contributed by atoms with van der Waals surface area (Å²) in [4.78, 5) is 11.6. The van der Waals surface area contributed by atoms with E-state index < -0.39 is 11.7 Å². The van der Waals surface area contributed by atoms with Crippen molar-refractivity contribution in [2.24, 2.45) is 0 Å². The van der Waals surface area contributed by atoms with Crippen molar-refractivity contribution in [3.63, 3.8) is 0 Å². The second kappa shape index (κ2) is 7.32. The highest BCUT2D eigenvalue weighted by molar-refractivity contribution is 9.10. The third-order valence-corrected chi connectivity index (χ3v) is 2.95. The number of nitriles is 1. The van der Waals surface area contributed by atoms with Crippen LogP contribution in [0.15, 0.2) is 22.7 Å². The average Bonchev–Trinajstić information content (AvgIpc) is 2.36. The van der Waals surface area contributed by atoms with Gasteiger partial charge in [-0.15, -0.1) is 0 Å². The molecule has 114 valence electrons. The normalized spacial score (nSPS) is 12.2. The molecule has 0 radical (unpaired) electrons. The van der Waals surface area contributed by atoms with Gasteiger partial charge in [-0.3, -0.25) is 0 Å². The van der Waals surface area contributed by atoms with Gasteiger partial charge in [-0.05, 0) is 45.9 Å². The third-order valence-electron chi connectivity index (χ3n) is 2.46. The fraction of sp³-hybridized carbons (Fsp3) is 0.467. The van der Waals surface area contributed by atoms with Crippen molar-refractivity contribution in [2.45, 2.75) is 39.3 Å². The first kappa shape index (κ1) is 17.3. The molecule has 0 fully saturated rings. The van der Waals surface area contributed by atoms with Crippen LogP contribution >= 0.6 is 15.9 Å². The molecule has 0 spiro atoms. The molecule has 1 rings (SSSR count). The summed E-state index contributed by atoms with van der Waals surface area (Å²) in [5.74, 6) is 0. The largest absolute Gasteiger partial charge is 0.444 e. The minimum atomic E-state index is -0.513. The van der Waals surface area contributed by atoms with Crippen LogP contribution in [0.4, 0.5) is 10.5 Å². The van der Waals surface area contributed by atoms with E-state index in [9.17, 15) is 4.79 Å². The number of ether oxygens (including phenoxy) is 1. The molecular formula is C15H20BrN3O2. The van der Waals surface area contributed by atoms with Crippen molar-refractivity contribution in [3.8, 4) is 6.07 Å². The van der Waals surface area contributed by atoms with Gasteiger partial charge >= 0.3 is 6.09 Å². The Bertz CT molecular complexity index is 547. The summed E-state index contributed by atoms with van der Waals surface area (Å²) >= 11 is 3.33. The number of hydrogen-bond acceptors (Lipinski definition) is 4. The molecule has 0 aliphatic rings. The molecular weight excluding hydrogens is 334 g/mol. The van der Waals surface area contributed by atoms with Crippen molar-refractivity contribution in [3.05, 3.63) is 28.2 Å². The van der Waals surface area contributed by atoms with Gasteiger partial charge in [0.15, 0.2) is 0 Å². The van der Waals surface area contributed by atoms with Crippen LogP contribution in [-0.2, 0) is 4.74 Å². The Morgan fingerprint density at radius 1 is 1.48 bits per heavy atom. The molecule has 0 bridgehead atoms. The van der Waals surface area contributed by atoms with Gasteiger partial charge in [0.2, 0.25) is 0 Å². The van der Waals surface area contributed by atoms with Gasteiger partial charge in [0.1, 0.15) is 11.7 Å². The van der Waals surface area contributed by atoms with Crippen LogP contribution in [0.1, 0.15) is 33.3 Å². The molecule has 21 heavy (non-hydrogen) atoms. The number of nitrogens with one attached hydrogen (secondary N) is 2. The van der Waals surface area contributed by atoms with Crippen LogP contribution < -0.4 is 10.6 Å². The van der Waals surface area contributed by atoms with E-state index in [4.69, 9.17) is 10.00 Å². The Balaban J connectivity index is 2.53. The molecule has 1 unspecified atom stereocenters. The van der Waals surface area contributed by atoms with Crippen molar-refractivity contribution in [2.75, 3.05) is 11.9 Å². The second-order valence-electron chi connectivity index (χ2n) is 5.73. The molecule has 0 aliphatic carbocycles. The van der Waals surface area contributed by atoms with E-state index >= 15 is 0 Å². The standard InChI is InChI=1S/C15H20BrN3O2/c1-10(9-18-14(20)21-15(2,3)4)19-13-6-5-12(16)7-11(13)8-17/h5-7,10,19H,9H2,1-4H3,(H,18,20). The Hall–Kier alpha value is -1.74. The van der Waals surface area contributed by atoms with E-state index in [0.717, 1.165) is 10.2 Å². The van der Waals surface area contributed by atoms with Gasteiger partial charge in [0.25, 0.3) is 0 Å². The molecule has 6 heteroatoms. The maximum absolute atomic E-state index is 11.6. The highest BCUT2D eigenvalue weighted by Gasteiger charge is 2.16. The maximum Gasteiger partial charge on any atom is 0.407 e. The van der Waals surface area contributed by atoms with E-state index in [-0.39, 0.29) is 6.04 Å². The Morgan fingerprint density at radius 3 is 2.71 bits per heavy atom. The number of nitrogens with zero attached hydrogens (tertiary/aromatic N) is 1. The van der Waals surface area contributed by atoms with E-state index in [2.05, 4.69) is 32.6 Å². The van der Waals surface area contributed by atoms with Crippen LogP contribution in [0.25, 0.3) is 0 Å². The first-order chi connectivity index (χ1) is 9.71. The van der Waals surface area contributed by atoms with E-state index in [1.807, 2.05) is 39.8 Å². The number of carbonyl (C=O) groups is 1. The number of hydrogen-bond donors (Lipinski definition) is 2. The molecule has 1 amide bonds. The molecule has 1 atom stereocenters. The summed E-state index contributed by atoms with van der Waals surface area (Å²) in [5.41, 5.74) is 0.771. The van der Waals surface area contributed by atoms with Crippen LogP contribution in [-0.4, -0.2) is 24.3 Å². The monoisotopic (exact) mass is 353 g/mol. The minimum Gasteiger partial charge on any atom is -0.444 e. The number of anilines is 1. The zero-order valence-electron chi connectivity index (χ0n) is 12.7. The lowest BCUT2D eigenvalue weighted by Crippen LogP contribution is -2.38. The lowest BCUT2D eigenvalue weighted by atomic mass is 10.2. The lowest BCUT2D eigenvalue weighted by Gasteiger charge is -2.21. The summed E-state index contributed by atoms with van der Waals surface area (Å²) in [6.45, 7) is 7.76. The van der Waals surface area contributed by atoms with Crippen LogP contribution in [0.3, 0.4) is 0 Å². The van der Waals surface area contributed by atoms with Crippen molar-refractivity contribution >= 4 is 27.7 Å². The SMILES string of the molecule is CC(CNC(=O)OC(C)(C)C)Nc1ccc(Br)cc1C#N. The van der Waals surface area contributed by atoms with Gasteiger partial charge in [-0.1, -0.05) is 15.9 Å². The molecule has 5 nitrogen and oxygen atoms in total. The molecule has 0 saturated carbocycles. The summed E-state index contributed by atoms with van der Waals surface area (Å²) in [7, 11) is 0. The molecule has 0 saturated heterocycles. The first-order valence-corrected chi connectivity index (χ1v) is 7.43. The van der Waals surface area contributed by atoms with Gasteiger partial charge in [0, 0.05) is 17.1 Å². The molecule has 0 aromatic heterocycles. The van der Waals surface area contributed by atoms with Gasteiger partial charge < -0.3 is 15.4 Å². The summed E-state index contributed by atoms with van der Waals surface area (Å²) < 4.78 is 6.01. The summed E-state index contributed by atoms with van der Waals surface area (Å²) in [6.07, 6.45) is -0.451. The fourth-order valence-corrected chi connectivity index (χ4v) is 1.96. The number of alkyl carbamates (subject to hydrolysis) is 1. The van der Waals surface area contributed by atoms with Gasteiger partial charge in [-0.25, -0.2) is 4.79 Å². The number of rotatable bonds is 4. The smallest absolute Gasteiger partial charge is 0.407 e. The minimum absolute atomic E-state index is 0.0363. The Labute approximate surface area is 133 Å². The van der Waals surface area contributed by atoms with Crippen LogP contribution in [0.2, 0.25) is 0 Å². The lowest BCUT2D eigenvalue weighted by molar-refractivity contribution is 0.0526. The Morgan fingerprint density at radius 2 is 2.14 bits per heavy atom. The highest BCUT2D eigenvalue weighted by atomic mass is 79.9. The topological polar surface area (TPSA) is 74.2 Å². The van der Waals surface area contributed by atoms with Gasteiger partial charge in [-0.2, -0.15) is 5.26 Å². The molecule has 0 aliphatic heterocycles. The number of halogens is 1. The zero-order chi connectivity index (χ0) is 16.0. The molecule has 1 aromatic carbocycles. The van der Waals surface area contributed by atoms with E-state index in [1.54, 1.807) is 6.07 Å². The molecule has 1 aromatic rings. The zero-order valence-corrected chi connectivity index (χ0v) is 14.2. The first-order valence-electron chi connectivity index (χ1n) is 6.64. The average molecular weight is 354 g/mol. The fourth-order valence-electron chi connectivity index (χ4n) is 1.60. The predicted molar refractivity (Wildman–Crippen MR) is 86.2 cm³/mol. The highest BCUT2D eigenvalue weighted by Crippen LogP contribution is 2.20. The Kier molecular flexibility index (Phi) is 6.03. The van der Waals surface area contributed by atoms with Gasteiger partial charge in [0.05, 0.1) is 11.3 Å². The summed E-state index contributed by atoms with van der Waals surface area (Å²) in [5, 5.41) is 15.0. The maximum atomic E-state index is 11.6.